The highest BCUT2D eigenvalue weighted by Gasteiger charge is 2.22. The topological polar surface area (TPSA) is 61.4 Å². The molecule has 3 aromatic rings. The quantitative estimate of drug-likeness (QED) is 0.749. The van der Waals surface area contributed by atoms with E-state index in [-0.39, 0.29) is 11.8 Å². The van der Waals surface area contributed by atoms with Gasteiger partial charge in [-0.15, -0.1) is 21.5 Å². The average Bonchev–Trinajstić information content (AvgIpc) is 3.25. The van der Waals surface area contributed by atoms with E-state index in [1.165, 1.54) is 12.1 Å². The van der Waals surface area contributed by atoms with Crippen molar-refractivity contribution in [1.29, 1.82) is 0 Å². The Morgan fingerprint density at radius 3 is 2.41 bits per heavy atom. The lowest BCUT2D eigenvalue weighted by atomic mass is 10.3. The van der Waals surface area contributed by atoms with Crippen LogP contribution in [-0.2, 0) is 0 Å². The molecule has 0 aliphatic carbocycles. The van der Waals surface area contributed by atoms with Crippen LogP contribution in [0.5, 0.6) is 0 Å². The Morgan fingerprint density at radius 1 is 1.00 bits per heavy atom. The molecule has 0 saturated carbocycles. The first-order valence-electron chi connectivity index (χ1n) is 8.63. The van der Waals surface area contributed by atoms with Gasteiger partial charge in [0.15, 0.2) is 5.82 Å². The number of thiophene rings is 1. The Balaban J connectivity index is 1.33. The zero-order valence-electron chi connectivity index (χ0n) is 14.5. The van der Waals surface area contributed by atoms with Crippen LogP contribution in [0, 0.1) is 5.82 Å². The fourth-order valence-electron chi connectivity index (χ4n) is 2.92. The van der Waals surface area contributed by atoms with E-state index in [1.807, 2.05) is 29.6 Å². The summed E-state index contributed by atoms with van der Waals surface area (Å²) < 4.78 is 12.9. The summed E-state index contributed by atoms with van der Waals surface area (Å²) in [7, 11) is 0. The molecule has 1 aliphatic rings. The lowest BCUT2D eigenvalue weighted by Gasteiger charge is -2.35. The number of urea groups is 1. The third kappa shape index (κ3) is 4.06. The second kappa shape index (κ2) is 7.71. The fourth-order valence-corrected chi connectivity index (χ4v) is 3.61. The minimum Gasteiger partial charge on any atom is -0.352 e. The summed E-state index contributed by atoms with van der Waals surface area (Å²) in [6.45, 7) is 2.54. The first kappa shape index (κ1) is 17.4. The van der Waals surface area contributed by atoms with E-state index in [9.17, 15) is 9.18 Å². The Hall–Kier alpha value is -3.00. The minimum absolute atomic E-state index is 0.180. The molecule has 0 radical (unpaired) electrons. The van der Waals surface area contributed by atoms with Crippen molar-refractivity contribution in [2.45, 2.75) is 0 Å². The van der Waals surface area contributed by atoms with Crippen LogP contribution in [0.15, 0.2) is 53.9 Å². The molecular formula is C19H18FN5OS. The molecule has 138 valence electrons. The second-order valence-corrected chi connectivity index (χ2v) is 7.11. The van der Waals surface area contributed by atoms with Crippen LogP contribution in [0.3, 0.4) is 0 Å². The first-order chi connectivity index (χ1) is 13.2. The lowest BCUT2D eigenvalue weighted by molar-refractivity contribution is 0.208. The summed E-state index contributed by atoms with van der Waals surface area (Å²) in [4.78, 5) is 17.3. The van der Waals surface area contributed by atoms with Crippen molar-refractivity contribution in [2.24, 2.45) is 0 Å². The number of carbonyl (C=O) groups is 1. The maximum atomic E-state index is 12.9. The SMILES string of the molecule is O=C(Nc1ccc(F)cc1)N1CCN(c2ccc(-c3cccs3)nn2)CC1. The van der Waals surface area contributed by atoms with Crippen LogP contribution in [-0.4, -0.2) is 47.3 Å². The highest BCUT2D eigenvalue weighted by molar-refractivity contribution is 7.13. The predicted molar refractivity (Wildman–Crippen MR) is 105 cm³/mol. The van der Waals surface area contributed by atoms with Crippen molar-refractivity contribution in [2.75, 3.05) is 36.4 Å². The molecule has 1 fully saturated rings. The monoisotopic (exact) mass is 383 g/mol. The van der Waals surface area contributed by atoms with Gasteiger partial charge in [-0.3, -0.25) is 0 Å². The van der Waals surface area contributed by atoms with Crippen LogP contribution >= 0.6 is 11.3 Å². The number of aromatic nitrogens is 2. The number of rotatable bonds is 3. The Bertz CT molecular complexity index is 891. The molecule has 0 bridgehead atoms. The molecule has 6 nitrogen and oxygen atoms in total. The number of carbonyl (C=O) groups excluding carboxylic acids is 1. The van der Waals surface area contributed by atoms with Crippen LogP contribution in [0.2, 0.25) is 0 Å². The second-order valence-electron chi connectivity index (χ2n) is 6.17. The number of halogens is 1. The van der Waals surface area contributed by atoms with E-state index >= 15 is 0 Å². The van der Waals surface area contributed by atoms with Gasteiger partial charge in [-0.2, -0.15) is 0 Å². The number of nitrogens with zero attached hydrogens (tertiary/aromatic N) is 4. The number of benzene rings is 1. The Kier molecular flexibility index (Phi) is 4.97. The van der Waals surface area contributed by atoms with Gasteiger partial charge in [0.25, 0.3) is 0 Å². The normalized spacial score (nSPS) is 14.3. The molecule has 4 rings (SSSR count). The van der Waals surface area contributed by atoms with Gasteiger partial charge in [0.2, 0.25) is 0 Å². The molecule has 2 amide bonds. The smallest absolute Gasteiger partial charge is 0.321 e. The molecule has 1 aliphatic heterocycles. The Morgan fingerprint density at radius 2 is 1.78 bits per heavy atom. The zero-order valence-corrected chi connectivity index (χ0v) is 15.3. The Labute approximate surface area is 160 Å². The van der Waals surface area contributed by atoms with Gasteiger partial charge in [-0.05, 0) is 47.8 Å². The zero-order chi connectivity index (χ0) is 18.6. The number of anilines is 2. The number of piperazine rings is 1. The molecule has 27 heavy (non-hydrogen) atoms. The fraction of sp³-hybridized carbons (Fsp3) is 0.211. The van der Waals surface area contributed by atoms with Crippen LogP contribution in [0.4, 0.5) is 20.7 Å². The number of hydrogen-bond donors (Lipinski definition) is 1. The summed E-state index contributed by atoms with van der Waals surface area (Å²) >= 11 is 1.63. The van der Waals surface area contributed by atoms with Crippen molar-refractivity contribution in [3.05, 3.63) is 59.7 Å². The van der Waals surface area contributed by atoms with E-state index in [2.05, 4.69) is 20.4 Å². The van der Waals surface area contributed by atoms with Gasteiger partial charge >= 0.3 is 6.03 Å². The molecule has 1 N–H and O–H groups in total. The molecule has 0 atom stereocenters. The van der Waals surface area contributed by atoms with Crippen LogP contribution in [0.25, 0.3) is 10.6 Å². The average molecular weight is 383 g/mol. The third-order valence-corrected chi connectivity index (χ3v) is 5.30. The van der Waals surface area contributed by atoms with Gasteiger partial charge in [0.1, 0.15) is 11.5 Å². The van der Waals surface area contributed by atoms with Crippen molar-refractivity contribution in [1.82, 2.24) is 15.1 Å². The summed E-state index contributed by atoms with van der Waals surface area (Å²) in [6, 6.07) is 13.5. The van der Waals surface area contributed by atoms with Gasteiger partial charge in [-0.25, -0.2) is 9.18 Å². The molecule has 8 heteroatoms. The molecule has 3 heterocycles. The maximum Gasteiger partial charge on any atom is 0.321 e. The standard InChI is InChI=1S/C19H18FN5OS/c20-14-3-5-15(6-4-14)21-19(26)25-11-9-24(10-12-25)18-8-7-16(22-23-18)17-2-1-13-27-17/h1-8,13H,9-12H2,(H,21,26). The summed E-state index contributed by atoms with van der Waals surface area (Å²) in [5, 5.41) is 13.4. The molecule has 0 unspecified atom stereocenters. The van der Waals surface area contributed by atoms with Crippen LogP contribution < -0.4 is 10.2 Å². The van der Waals surface area contributed by atoms with Gasteiger partial charge in [-0.1, -0.05) is 6.07 Å². The first-order valence-corrected chi connectivity index (χ1v) is 9.51. The minimum atomic E-state index is -0.326. The van der Waals surface area contributed by atoms with Crippen molar-refractivity contribution < 1.29 is 9.18 Å². The predicted octanol–water partition coefficient (Wildman–Crippen LogP) is 3.70. The van der Waals surface area contributed by atoms with E-state index < -0.39 is 0 Å². The highest BCUT2D eigenvalue weighted by Crippen LogP contribution is 2.23. The van der Waals surface area contributed by atoms with Crippen molar-refractivity contribution in [3.8, 4) is 10.6 Å². The largest absolute Gasteiger partial charge is 0.352 e. The van der Waals surface area contributed by atoms with Crippen LogP contribution in [0.1, 0.15) is 0 Å². The number of nitrogens with one attached hydrogen (secondary N) is 1. The molecular weight excluding hydrogens is 365 g/mol. The van der Waals surface area contributed by atoms with E-state index in [4.69, 9.17) is 0 Å². The van der Waals surface area contributed by atoms with E-state index in [1.54, 1.807) is 28.4 Å². The summed E-state index contributed by atoms with van der Waals surface area (Å²) in [5.74, 6) is 0.488. The van der Waals surface area contributed by atoms with Crippen molar-refractivity contribution >= 4 is 28.9 Å². The number of amides is 2. The third-order valence-electron chi connectivity index (χ3n) is 4.41. The molecule has 2 aromatic heterocycles. The van der Waals surface area contributed by atoms with Gasteiger partial charge in [0.05, 0.1) is 4.88 Å². The van der Waals surface area contributed by atoms with Gasteiger partial charge < -0.3 is 15.1 Å². The summed E-state index contributed by atoms with van der Waals surface area (Å²) in [5.41, 5.74) is 1.45. The molecule has 1 aromatic carbocycles. The maximum absolute atomic E-state index is 12.9. The van der Waals surface area contributed by atoms with E-state index in [0.29, 0.717) is 31.9 Å². The van der Waals surface area contributed by atoms with E-state index in [0.717, 1.165) is 16.4 Å². The van der Waals surface area contributed by atoms with Gasteiger partial charge in [0, 0.05) is 31.9 Å². The molecule has 1 saturated heterocycles. The highest BCUT2D eigenvalue weighted by atomic mass is 32.1. The number of hydrogen-bond acceptors (Lipinski definition) is 5. The molecule has 0 spiro atoms. The lowest BCUT2D eigenvalue weighted by Crippen LogP contribution is -2.50. The van der Waals surface area contributed by atoms with Crippen molar-refractivity contribution in [3.63, 3.8) is 0 Å². The summed E-state index contributed by atoms with van der Waals surface area (Å²) in [6.07, 6.45) is 0.